The molecule has 104 valence electrons. The van der Waals surface area contributed by atoms with E-state index in [1.54, 1.807) is 18.2 Å². The van der Waals surface area contributed by atoms with E-state index < -0.39 is 0 Å². The van der Waals surface area contributed by atoms with Crippen LogP contribution in [0.15, 0.2) is 30.3 Å². The Hall–Kier alpha value is -2.29. The zero-order valence-corrected chi connectivity index (χ0v) is 12.2. The second-order valence-electron chi connectivity index (χ2n) is 4.98. The average molecular weight is 270 g/mol. The van der Waals surface area contributed by atoms with Crippen molar-refractivity contribution in [3.8, 4) is 16.9 Å². The lowest BCUT2D eigenvalue weighted by molar-refractivity contribution is 0.0601. The Morgan fingerprint density at radius 2 is 1.60 bits per heavy atom. The van der Waals surface area contributed by atoms with Crippen LogP contribution in [-0.4, -0.2) is 18.2 Å². The smallest absolute Gasteiger partial charge is 0.337 e. The predicted octanol–water partition coefficient (Wildman–Crippen LogP) is 3.77. The second kappa shape index (κ2) is 5.37. The van der Waals surface area contributed by atoms with Gasteiger partial charge in [0.2, 0.25) is 0 Å². The van der Waals surface area contributed by atoms with Gasteiger partial charge >= 0.3 is 5.97 Å². The maximum Gasteiger partial charge on any atom is 0.337 e. The van der Waals surface area contributed by atoms with E-state index in [0.29, 0.717) is 5.56 Å². The van der Waals surface area contributed by atoms with E-state index in [2.05, 4.69) is 0 Å². The molecule has 0 aliphatic rings. The van der Waals surface area contributed by atoms with Gasteiger partial charge in [-0.05, 0) is 72.9 Å². The molecule has 0 saturated carbocycles. The van der Waals surface area contributed by atoms with Crippen LogP contribution in [-0.2, 0) is 4.74 Å². The Balaban J connectivity index is 2.66. The minimum absolute atomic E-state index is 0.255. The van der Waals surface area contributed by atoms with Crippen molar-refractivity contribution < 1.29 is 14.6 Å². The fourth-order valence-corrected chi connectivity index (χ4v) is 2.50. The summed E-state index contributed by atoms with van der Waals surface area (Å²) in [4.78, 5) is 11.7. The zero-order chi connectivity index (χ0) is 14.9. The van der Waals surface area contributed by atoms with Crippen LogP contribution in [0.4, 0.5) is 0 Å². The van der Waals surface area contributed by atoms with Crippen molar-refractivity contribution in [3.05, 3.63) is 52.6 Å². The molecule has 2 rings (SSSR count). The topological polar surface area (TPSA) is 46.5 Å². The summed E-state index contributed by atoms with van der Waals surface area (Å²) in [6.45, 7) is 5.90. The number of carbonyl (C=O) groups is 1. The van der Waals surface area contributed by atoms with Gasteiger partial charge in [-0.3, -0.25) is 0 Å². The van der Waals surface area contributed by atoms with Crippen molar-refractivity contribution in [2.24, 2.45) is 0 Å². The Morgan fingerprint density at radius 1 is 1.00 bits per heavy atom. The summed E-state index contributed by atoms with van der Waals surface area (Å²) >= 11 is 0. The molecule has 0 bridgehead atoms. The van der Waals surface area contributed by atoms with Crippen molar-refractivity contribution in [2.45, 2.75) is 20.8 Å². The average Bonchev–Trinajstić information content (AvgIpc) is 2.38. The highest BCUT2D eigenvalue weighted by molar-refractivity contribution is 5.92. The molecule has 0 heterocycles. The van der Waals surface area contributed by atoms with Gasteiger partial charge in [-0.25, -0.2) is 4.79 Å². The van der Waals surface area contributed by atoms with Crippen LogP contribution >= 0.6 is 0 Å². The first-order valence-corrected chi connectivity index (χ1v) is 6.43. The molecule has 1 N–H and O–H groups in total. The van der Waals surface area contributed by atoms with Crippen LogP contribution in [0.25, 0.3) is 11.1 Å². The van der Waals surface area contributed by atoms with E-state index in [0.717, 1.165) is 27.8 Å². The van der Waals surface area contributed by atoms with Crippen LogP contribution in [0.1, 0.15) is 27.0 Å². The number of methoxy groups -OCH3 is 1. The molecule has 3 nitrogen and oxygen atoms in total. The highest BCUT2D eigenvalue weighted by Crippen LogP contribution is 2.33. The molecule has 0 spiro atoms. The van der Waals surface area contributed by atoms with E-state index in [1.807, 2.05) is 32.9 Å². The zero-order valence-electron chi connectivity index (χ0n) is 12.2. The van der Waals surface area contributed by atoms with Gasteiger partial charge in [-0.15, -0.1) is 0 Å². The fraction of sp³-hybridized carbons (Fsp3) is 0.235. The second-order valence-corrected chi connectivity index (χ2v) is 4.98. The molecule has 3 heteroatoms. The number of carbonyl (C=O) groups excluding carboxylic acids is 1. The lowest BCUT2D eigenvalue weighted by Crippen LogP contribution is -2.02. The summed E-state index contributed by atoms with van der Waals surface area (Å²) in [6, 6.07) is 8.97. The minimum atomic E-state index is -0.347. The molecule has 0 saturated heterocycles. The van der Waals surface area contributed by atoms with E-state index in [-0.39, 0.29) is 11.7 Å². The highest BCUT2D eigenvalue weighted by atomic mass is 16.5. The minimum Gasteiger partial charge on any atom is -0.508 e. The summed E-state index contributed by atoms with van der Waals surface area (Å²) in [5.74, 6) is -0.0918. The summed E-state index contributed by atoms with van der Waals surface area (Å²) in [7, 11) is 1.37. The van der Waals surface area contributed by atoms with Gasteiger partial charge in [-0.2, -0.15) is 0 Å². The van der Waals surface area contributed by atoms with Crippen LogP contribution in [0.3, 0.4) is 0 Å². The van der Waals surface area contributed by atoms with Crippen LogP contribution in [0.2, 0.25) is 0 Å². The third-order valence-corrected chi connectivity index (χ3v) is 3.45. The van der Waals surface area contributed by atoms with Gasteiger partial charge in [0.05, 0.1) is 12.7 Å². The Bertz CT molecular complexity index is 649. The Kier molecular flexibility index (Phi) is 3.79. The number of phenols is 1. The lowest BCUT2D eigenvalue weighted by atomic mass is 9.91. The summed E-state index contributed by atoms with van der Waals surface area (Å²) < 4.78 is 4.77. The number of aromatic hydroxyl groups is 1. The van der Waals surface area contributed by atoms with Crippen molar-refractivity contribution in [3.63, 3.8) is 0 Å². The molecule has 0 radical (unpaired) electrons. The molecule has 2 aromatic rings. The molecular weight excluding hydrogens is 252 g/mol. The van der Waals surface area contributed by atoms with E-state index in [4.69, 9.17) is 4.74 Å². The third kappa shape index (κ3) is 2.52. The molecule has 0 aliphatic carbocycles. The highest BCUT2D eigenvalue weighted by Gasteiger charge is 2.13. The first kappa shape index (κ1) is 14.1. The number of hydrogen-bond acceptors (Lipinski definition) is 3. The Morgan fingerprint density at radius 3 is 2.15 bits per heavy atom. The number of benzene rings is 2. The van der Waals surface area contributed by atoms with Crippen molar-refractivity contribution >= 4 is 5.97 Å². The van der Waals surface area contributed by atoms with Gasteiger partial charge in [0.15, 0.2) is 0 Å². The molecule has 0 amide bonds. The molecule has 0 atom stereocenters. The molecule has 0 aliphatic heterocycles. The van der Waals surface area contributed by atoms with Gasteiger partial charge in [0.25, 0.3) is 0 Å². The van der Waals surface area contributed by atoms with E-state index in [9.17, 15) is 9.90 Å². The summed E-state index contributed by atoms with van der Waals surface area (Å²) in [5.41, 5.74) is 5.60. The summed E-state index contributed by atoms with van der Waals surface area (Å²) in [6.07, 6.45) is 0. The predicted molar refractivity (Wildman–Crippen MR) is 79.1 cm³/mol. The van der Waals surface area contributed by atoms with Crippen LogP contribution < -0.4 is 0 Å². The molecule has 0 fully saturated rings. The molecule has 2 aromatic carbocycles. The first-order chi connectivity index (χ1) is 9.43. The molecule has 0 aromatic heterocycles. The van der Waals surface area contributed by atoms with Crippen molar-refractivity contribution in [1.82, 2.24) is 0 Å². The maximum atomic E-state index is 11.7. The fourth-order valence-electron chi connectivity index (χ4n) is 2.50. The monoisotopic (exact) mass is 270 g/mol. The lowest BCUT2D eigenvalue weighted by Gasteiger charge is -2.14. The maximum absolute atomic E-state index is 11.7. The first-order valence-electron chi connectivity index (χ1n) is 6.43. The SMILES string of the molecule is COC(=O)c1ccc(C)c(-c2c(C)cc(O)cc2C)c1. The van der Waals surface area contributed by atoms with Crippen molar-refractivity contribution in [1.29, 1.82) is 0 Å². The van der Waals surface area contributed by atoms with E-state index in [1.165, 1.54) is 7.11 Å². The standard InChI is InChI=1S/C17H18O3/c1-10-5-6-13(17(19)20-4)9-15(10)16-11(2)7-14(18)8-12(16)3/h5-9,18H,1-4H3. The molecule has 20 heavy (non-hydrogen) atoms. The largest absolute Gasteiger partial charge is 0.508 e. The van der Waals surface area contributed by atoms with E-state index >= 15 is 0 Å². The third-order valence-electron chi connectivity index (χ3n) is 3.45. The van der Waals surface area contributed by atoms with Crippen molar-refractivity contribution in [2.75, 3.05) is 7.11 Å². The van der Waals surface area contributed by atoms with Gasteiger partial charge in [0.1, 0.15) is 5.75 Å². The number of hydrogen-bond donors (Lipinski definition) is 1. The molecular formula is C17H18O3. The Labute approximate surface area is 118 Å². The molecule has 0 unspecified atom stereocenters. The number of aryl methyl sites for hydroxylation is 3. The summed E-state index contributed by atoms with van der Waals surface area (Å²) in [5, 5.41) is 9.64. The van der Waals surface area contributed by atoms with Crippen LogP contribution in [0, 0.1) is 20.8 Å². The quantitative estimate of drug-likeness (QED) is 0.845. The number of rotatable bonds is 2. The van der Waals surface area contributed by atoms with Gasteiger partial charge in [-0.1, -0.05) is 6.07 Å². The normalized spacial score (nSPS) is 10.4. The number of phenolic OH excluding ortho intramolecular Hbond substituents is 1. The number of esters is 1. The van der Waals surface area contributed by atoms with Crippen LogP contribution in [0.5, 0.6) is 5.75 Å². The van der Waals surface area contributed by atoms with Gasteiger partial charge < -0.3 is 9.84 Å². The van der Waals surface area contributed by atoms with Gasteiger partial charge in [0, 0.05) is 0 Å². The number of ether oxygens (including phenoxy) is 1.